The Kier molecular flexibility index (Phi) is 5.41. The van der Waals surface area contributed by atoms with Crippen molar-refractivity contribution in [3.05, 3.63) is 47.3 Å². The van der Waals surface area contributed by atoms with Crippen LogP contribution in [0.25, 0.3) is 0 Å². The van der Waals surface area contributed by atoms with Gasteiger partial charge in [0.1, 0.15) is 5.75 Å². The third-order valence-electron chi connectivity index (χ3n) is 4.94. The molecule has 0 radical (unpaired) electrons. The number of ether oxygens (including phenoxy) is 1. The van der Waals surface area contributed by atoms with Crippen molar-refractivity contribution in [1.82, 2.24) is 14.7 Å². The van der Waals surface area contributed by atoms with E-state index in [9.17, 15) is 4.79 Å². The number of likely N-dealkylation sites (tertiary alicyclic amines) is 1. The Bertz CT molecular complexity index is 738. The van der Waals surface area contributed by atoms with Crippen molar-refractivity contribution in [3.8, 4) is 5.75 Å². The predicted molar refractivity (Wildman–Crippen MR) is 97.9 cm³/mol. The van der Waals surface area contributed by atoms with Crippen molar-refractivity contribution in [2.24, 2.45) is 0 Å². The third kappa shape index (κ3) is 4.03. The number of aryl methyl sites for hydroxylation is 3. The lowest BCUT2D eigenvalue weighted by atomic mass is 10.0. The molecule has 0 saturated carbocycles. The minimum atomic E-state index is 0.220. The van der Waals surface area contributed by atoms with Crippen LogP contribution in [0.3, 0.4) is 0 Å². The molecule has 1 aromatic heterocycles. The zero-order valence-corrected chi connectivity index (χ0v) is 15.4. The highest BCUT2D eigenvalue weighted by Crippen LogP contribution is 2.24. The SMILES string of the molecule is COc1ccccc1CCC(=O)N1CCC[C@H](n2nc(C)cc2C)C1. The van der Waals surface area contributed by atoms with E-state index in [1.165, 1.54) is 5.69 Å². The number of nitrogens with zero attached hydrogens (tertiary/aromatic N) is 3. The first-order chi connectivity index (χ1) is 12.1. The normalized spacial score (nSPS) is 17.6. The number of hydrogen-bond donors (Lipinski definition) is 0. The smallest absolute Gasteiger partial charge is 0.222 e. The third-order valence-corrected chi connectivity index (χ3v) is 4.94. The molecule has 0 N–H and O–H groups in total. The van der Waals surface area contributed by atoms with Gasteiger partial charge in [-0.05, 0) is 50.8 Å². The van der Waals surface area contributed by atoms with Crippen molar-refractivity contribution >= 4 is 5.91 Å². The Morgan fingerprint density at radius 2 is 2.12 bits per heavy atom. The molecule has 0 aliphatic carbocycles. The second-order valence-corrected chi connectivity index (χ2v) is 6.82. The quantitative estimate of drug-likeness (QED) is 0.838. The maximum Gasteiger partial charge on any atom is 0.222 e. The standard InChI is InChI=1S/C20H27N3O2/c1-15-13-16(2)23(21-15)18-8-6-12-22(14-18)20(24)11-10-17-7-4-5-9-19(17)25-3/h4-5,7,9,13,18H,6,8,10-12,14H2,1-3H3/t18-/m0/s1. The van der Waals surface area contributed by atoms with Gasteiger partial charge in [-0.3, -0.25) is 9.48 Å². The van der Waals surface area contributed by atoms with Gasteiger partial charge in [-0.15, -0.1) is 0 Å². The zero-order chi connectivity index (χ0) is 17.8. The summed E-state index contributed by atoms with van der Waals surface area (Å²) in [5.41, 5.74) is 3.30. The van der Waals surface area contributed by atoms with Gasteiger partial charge in [0.05, 0.1) is 18.8 Å². The highest BCUT2D eigenvalue weighted by molar-refractivity contribution is 5.76. The molecule has 3 rings (SSSR count). The van der Waals surface area contributed by atoms with Gasteiger partial charge in [0.15, 0.2) is 0 Å². The van der Waals surface area contributed by atoms with Crippen molar-refractivity contribution < 1.29 is 9.53 Å². The van der Waals surface area contributed by atoms with Gasteiger partial charge in [-0.25, -0.2) is 0 Å². The number of benzene rings is 1. The highest BCUT2D eigenvalue weighted by Gasteiger charge is 2.26. The fourth-order valence-electron chi connectivity index (χ4n) is 3.71. The molecule has 5 heteroatoms. The monoisotopic (exact) mass is 341 g/mol. The molecule has 1 aliphatic heterocycles. The fraction of sp³-hybridized carbons (Fsp3) is 0.500. The van der Waals surface area contributed by atoms with E-state index in [0.29, 0.717) is 12.8 Å². The molecule has 1 atom stereocenters. The molecule has 1 aromatic carbocycles. The van der Waals surface area contributed by atoms with Crippen LogP contribution in [0.1, 0.15) is 42.3 Å². The average molecular weight is 341 g/mol. The molecule has 2 aromatic rings. The van der Waals surface area contributed by atoms with E-state index >= 15 is 0 Å². The Labute approximate surface area is 149 Å². The fourth-order valence-corrected chi connectivity index (χ4v) is 3.71. The number of aromatic nitrogens is 2. The van der Waals surface area contributed by atoms with E-state index in [2.05, 4.69) is 22.8 Å². The summed E-state index contributed by atoms with van der Waals surface area (Å²) in [5.74, 6) is 1.08. The maximum absolute atomic E-state index is 12.7. The lowest BCUT2D eigenvalue weighted by Gasteiger charge is -2.33. The molecule has 25 heavy (non-hydrogen) atoms. The van der Waals surface area contributed by atoms with Crippen LogP contribution >= 0.6 is 0 Å². The van der Waals surface area contributed by atoms with Gasteiger partial charge in [0, 0.05) is 25.2 Å². The van der Waals surface area contributed by atoms with E-state index in [0.717, 1.165) is 42.9 Å². The van der Waals surface area contributed by atoms with Crippen LogP contribution in [0.5, 0.6) is 5.75 Å². The van der Waals surface area contributed by atoms with E-state index in [-0.39, 0.29) is 11.9 Å². The topological polar surface area (TPSA) is 47.4 Å². The Hall–Kier alpha value is -2.30. The maximum atomic E-state index is 12.7. The van der Waals surface area contributed by atoms with Gasteiger partial charge in [0.25, 0.3) is 0 Å². The summed E-state index contributed by atoms with van der Waals surface area (Å²) >= 11 is 0. The summed E-state index contributed by atoms with van der Waals surface area (Å²) in [7, 11) is 1.67. The minimum absolute atomic E-state index is 0.220. The summed E-state index contributed by atoms with van der Waals surface area (Å²) in [6.07, 6.45) is 3.34. The summed E-state index contributed by atoms with van der Waals surface area (Å²) < 4.78 is 7.47. The molecule has 2 heterocycles. The molecular formula is C20H27N3O2. The summed E-state index contributed by atoms with van der Waals surface area (Å²) in [4.78, 5) is 14.7. The number of para-hydroxylation sites is 1. The molecule has 0 unspecified atom stereocenters. The van der Waals surface area contributed by atoms with Crippen LogP contribution < -0.4 is 4.74 Å². The first-order valence-corrected chi connectivity index (χ1v) is 9.01. The molecular weight excluding hydrogens is 314 g/mol. The minimum Gasteiger partial charge on any atom is -0.496 e. The summed E-state index contributed by atoms with van der Waals surface area (Å²) in [6.45, 7) is 5.71. The summed E-state index contributed by atoms with van der Waals surface area (Å²) in [5, 5.41) is 4.61. The molecule has 1 saturated heterocycles. The Morgan fingerprint density at radius 3 is 2.84 bits per heavy atom. The highest BCUT2D eigenvalue weighted by atomic mass is 16.5. The first kappa shape index (κ1) is 17.5. The number of carbonyl (C=O) groups is 1. The predicted octanol–water partition coefficient (Wildman–Crippen LogP) is 3.30. The molecule has 134 valence electrons. The van der Waals surface area contributed by atoms with Crippen LogP contribution in [-0.4, -0.2) is 40.8 Å². The number of hydrogen-bond acceptors (Lipinski definition) is 3. The lowest BCUT2D eigenvalue weighted by Crippen LogP contribution is -2.41. The second-order valence-electron chi connectivity index (χ2n) is 6.82. The van der Waals surface area contributed by atoms with Gasteiger partial charge in [-0.2, -0.15) is 5.10 Å². The number of carbonyl (C=O) groups excluding carboxylic acids is 1. The number of methoxy groups -OCH3 is 1. The second kappa shape index (κ2) is 7.72. The van der Waals surface area contributed by atoms with Crippen LogP contribution in [0.4, 0.5) is 0 Å². The van der Waals surface area contributed by atoms with Crippen molar-refractivity contribution in [3.63, 3.8) is 0 Å². The average Bonchev–Trinajstić information content (AvgIpc) is 2.98. The number of piperidine rings is 1. The Balaban J connectivity index is 1.61. The van der Waals surface area contributed by atoms with Gasteiger partial charge in [0.2, 0.25) is 5.91 Å². The van der Waals surface area contributed by atoms with E-state index in [1.54, 1.807) is 7.11 Å². The van der Waals surface area contributed by atoms with E-state index in [4.69, 9.17) is 4.74 Å². The molecule has 1 aliphatic rings. The van der Waals surface area contributed by atoms with Crippen LogP contribution in [0, 0.1) is 13.8 Å². The number of rotatable bonds is 5. The van der Waals surface area contributed by atoms with E-state index < -0.39 is 0 Å². The largest absolute Gasteiger partial charge is 0.496 e. The first-order valence-electron chi connectivity index (χ1n) is 9.01. The van der Waals surface area contributed by atoms with Crippen LogP contribution in [-0.2, 0) is 11.2 Å². The summed E-state index contributed by atoms with van der Waals surface area (Å²) in [6, 6.07) is 10.3. The van der Waals surface area contributed by atoms with Gasteiger partial charge in [-0.1, -0.05) is 18.2 Å². The number of amides is 1. The van der Waals surface area contributed by atoms with Crippen LogP contribution in [0.2, 0.25) is 0 Å². The molecule has 0 bridgehead atoms. The molecule has 5 nitrogen and oxygen atoms in total. The molecule has 1 fully saturated rings. The van der Waals surface area contributed by atoms with Crippen molar-refractivity contribution in [1.29, 1.82) is 0 Å². The van der Waals surface area contributed by atoms with Gasteiger partial charge >= 0.3 is 0 Å². The van der Waals surface area contributed by atoms with Gasteiger partial charge < -0.3 is 9.64 Å². The molecule has 1 amide bonds. The van der Waals surface area contributed by atoms with Crippen molar-refractivity contribution in [2.45, 2.75) is 45.6 Å². The Morgan fingerprint density at radius 1 is 1.32 bits per heavy atom. The molecule has 0 spiro atoms. The van der Waals surface area contributed by atoms with Crippen LogP contribution in [0.15, 0.2) is 30.3 Å². The zero-order valence-electron chi connectivity index (χ0n) is 15.4. The van der Waals surface area contributed by atoms with E-state index in [1.807, 2.05) is 36.1 Å². The van der Waals surface area contributed by atoms with Crippen molar-refractivity contribution in [2.75, 3.05) is 20.2 Å². The lowest BCUT2D eigenvalue weighted by molar-refractivity contribution is -0.132.